The van der Waals surface area contributed by atoms with Crippen molar-refractivity contribution in [2.45, 2.75) is 44.2 Å². The number of carbonyl (C=O) groups excluding carboxylic acids is 1. The van der Waals surface area contributed by atoms with Crippen LogP contribution < -0.4 is 0 Å². The summed E-state index contributed by atoms with van der Waals surface area (Å²) in [5, 5.41) is 4.07. The van der Waals surface area contributed by atoms with Crippen LogP contribution in [0.15, 0.2) is 46.0 Å². The molecule has 1 amide bonds. The van der Waals surface area contributed by atoms with Crippen molar-refractivity contribution < 1.29 is 13.2 Å². The summed E-state index contributed by atoms with van der Waals surface area (Å²) < 4.78 is 26.6. The lowest BCUT2D eigenvalue weighted by atomic mass is 10.2. The Morgan fingerprint density at radius 1 is 1.12 bits per heavy atom. The number of sulfonamides is 1. The van der Waals surface area contributed by atoms with E-state index in [2.05, 4.69) is 5.38 Å². The van der Waals surface area contributed by atoms with Gasteiger partial charge in [0.15, 0.2) is 0 Å². The van der Waals surface area contributed by atoms with Crippen LogP contribution in [-0.2, 0) is 16.6 Å². The molecule has 0 atom stereocenters. The molecule has 0 unspecified atom stereocenters. The van der Waals surface area contributed by atoms with Crippen LogP contribution >= 0.6 is 11.3 Å². The first-order chi connectivity index (χ1) is 12.5. The molecule has 1 heterocycles. The lowest BCUT2D eigenvalue weighted by Gasteiger charge is -2.22. The summed E-state index contributed by atoms with van der Waals surface area (Å²) in [6.45, 7) is 5.09. The van der Waals surface area contributed by atoms with Crippen LogP contribution in [0.25, 0.3) is 0 Å². The highest BCUT2D eigenvalue weighted by Crippen LogP contribution is 2.30. The molecular weight excluding hydrogens is 368 g/mol. The van der Waals surface area contributed by atoms with Crippen molar-refractivity contribution in [2.24, 2.45) is 0 Å². The first-order valence-electron chi connectivity index (χ1n) is 8.89. The Morgan fingerprint density at radius 3 is 2.27 bits per heavy atom. The molecule has 1 aromatic carbocycles. The summed E-state index contributed by atoms with van der Waals surface area (Å²) in [6, 6.07) is 8.66. The molecule has 1 aliphatic rings. The summed E-state index contributed by atoms with van der Waals surface area (Å²) in [5.74, 6) is -0.0366. The maximum atomic E-state index is 12.9. The minimum Gasteiger partial charge on any atom is -0.331 e. The zero-order valence-electron chi connectivity index (χ0n) is 15.1. The van der Waals surface area contributed by atoms with E-state index in [1.165, 1.54) is 16.4 Å². The van der Waals surface area contributed by atoms with Gasteiger partial charge in [0.05, 0.1) is 4.90 Å². The van der Waals surface area contributed by atoms with Crippen LogP contribution in [0.2, 0.25) is 0 Å². The molecule has 2 aromatic rings. The highest BCUT2D eigenvalue weighted by Gasteiger charge is 2.33. The smallest absolute Gasteiger partial charge is 0.254 e. The molecule has 1 aromatic heterocycles. The van der Waals surface area contributed by atoms with Crippen molar-refractivity contribution in [1.29, 1.82) is 0 Å². The van der Waals surface area contributed by atoms with E-state index in [1.54, 1.807) is 23.5 Å². The highest BCUT2D eigenvalue weighted by molar-refractivity contribution is 7.89. The van der Waals surface area contributed by atoms with Gasteiger partial charge < -0.3 is 4.90 Å². The van der Waals surface area contributed by atoms with Gasteiger partial charge in [-0.1, -0.05) is 13.8 Å². The van der Waals surface area contributed by atoms with Crippen LogP contribution in [-0.4, -0.2) is 42.7 Å². The summed E-state index contributed by atoms with van der Waals surface area (Å²) in [4.78, 5) is 15.1. The molecule has 0 saturated heterocycles. The molecule has 0 N–H and O–H groups in total. The van der Waals surface area contributed by atoms with Gasteiger partial charge in [0, 0.05) is 31.2 Å². The SMILES string of the molecule is CCN(CC)S(=O)(=O)c1ccc(C(=O)N(Cc2ccsc2)C2CC2)cc1. The van der Waals surface area contributed by atoms with E-state index >= 15 is 0 Å². The minimum atomic E-state index is -3.50. The predicted octanol–water partition coefficient (Wildman–Crippen LogP) is 3.58. The molecule has 0 bridgehead atoms. The number of rotatable bonds is 8. The number of nitrogens with zero attached hydrogens (tertiary/aromatic N) is 2. The fourth-order valence-corrected chi connectivity index (χ4v) is 5.10. The Hall–Kier alpha value is -1.70. The van der Waals surface area contributed by atoms with Crippen molar-refractivity contribution in [2.75, 3.05) is 13.1 Å². The number of carbonyl (C=O) groups is 1. The summed E-state index contributed by atoms with van der Waals surface area (Å²) in [6.07, 6.45) is 2.06. The third-order valence-electron chi connectivity index (χ3n) is 4.63. The normalized spacial score (nSPS) is 14.6. The summed E-state index contributed by atoms with van der Waals surface area (Å²) in [7, 11) is -3.50. The Morgan fingerprint density at radius 2 is 1.77 bits per heavy atom. The van der Waals surface area contributed by atoms with Crippen LogP contribution in [0.3, 0.4) is 0 Å². The second-order valence-corrected chi connectivity index (χ2v) is 9.13. The van der Waals surface area contributed by atoms with E-state index in [0.29, 0.717) is 31.2 Å². The summed E-state index contributed by atoms with van der Waals surface area (Å²) in [5.41, 5.74) is 1.67. The lowest BCUT2D eigenvalue weighted by molar-refractivity contribution is 0.0730. The van der Waals surface area contributed by atoms with Gasteiger partial charge >= 0.3 is 0 Å². The van der Waals surface area contributed by atoms with Gasteiger partial charge in [-0.15, -0.1) is 0 Å². The summed E-state index contributed by atoms with van der Waals surface area (Å²) >= 11 is 1.62. The standard InChI is InChI=1S/C19H24N2O3S2/c1-3-20(4-2)26(23,24)18-9-5-16(6-10-18)19(22)21(17-7-8-17)13-15-11-12-25-14-15/h5-6,9-12,14,17H,3-4,7-8,13H2,1-2H3. The molecule has 0 radical (unpaired) electrons. The Kier molecular flexibility index (Phi) is 5.79. The molecule has 1 aliphatic carbocycles. The second-order valence-electron chi connectivity index (χ2n) is 6.41. The molecule has 3 rings (SSSR count). The van der Waals surface area contributed by atoms with Crippen LogP contribution in [0, 0.1) is 0 Å². The third kappa shape index (κ3) is 4.00. The molecule has 5 nitrogen and oxygen atoms in total. The van der Waals surface area contributed by atoms with Gasteiger partial charge in [0.2, 0.25) is 10.0 Å². The van der Waals surface area contributed by atoms with Gasteiger partial charge in [0.25, 0.3) is 5.91 Å². The highest BCUT2D eigenvalue weighted by atomic mass is 32.2. The Balaban J connectivity index is 1.79. The van der Waals surface area contributed by atoms with E-state index in [0.717, 1.165) is 18.4 Å². The lowest BCUT2D eigenvalue weighted by Crippen LogP contribution is -2.33. The average molecular weight is 393 g/mol. The number of thiophene rings is 1. The van der Waals surface area contributed by atoms with Crippen LogP contribution in [0.5, 0.6) is 0 Å². The topological polar surface area (TPSA) is 57.7 Å². The van der Waals surface area contributed by atoms with Crippen LogP contribution in [0.1, 0.15) is 42.6 Å². The van der Waals surface area contributed by atoms with E-state index in [1.807, 2.05) is 30.2 Å². The fourth-order valence-electron chi connectivity index (χ4n) is 2.98. The van der Waals surface area contributed by atoms with Gasteiger partial charge in [-0.3, -0.25) is 4.79 Å². The molecule has 0 spiro atoms. The molecule has 140 valence electrons. The van der Waals surface area contributed by atoms with Gasteiger partial charge in [-0.2, -0.15) is 15.6 Å². The monoisotopic (exact) mass is 392 g/mol. The van der Waals surface area contributed by atoms with E-state index in [-0.39, 0.29) is 10.8 Å². The molecule has 7 heteroatoms. The van der Waals surface area contributed by atoms with Gasteiger partial charge in [0.1, 0.15) is 0 Å². The van der Waals surface area contributed by atoms with E-state index in [4.69, 9.17) is 0 Å². The number of hydrogen-bond donors (Lipinski definition) is 0. The fraction of sp³-hybridized carbons (Fsp3) is 0.421. The van der Waals surface area contributed by atoms with Crippen molar-refractivity contribution in [3.63, 3.8) is 0 Å². The molecule has 0 aliphatic heterocycles. The van der Waals surface area contributed by atoms with E-state index in [9.17, 15) is 13.2 Å². The molecule has 26 heavy (non-hydrogen) atoms. The number of hydrogen-bond acceptors (Lipinski definition) is 4. The molecule has 1 fully saturated rings. The van der Waals surface area contributed by atoms with Crippen LogP contribution in [0.4, 0.5) is 0 Å². The number of amides is 1. The van der Waals surface area contributed by atoms with Crippen molar-refractivity contribution in [1.82, 2.24) is 9.21 Å². The van der Waals surface area contributed by atoms with Gasteiger partial charge in [-0.25, -0.2) is 8.42 Å². The zero-order valence-corrected chi connectivity index (χ0v) is 16.7. The van der Waals surface area contributed by atoms with Crippen molar-refractivity contribution >= 4 is 27.3 Å². The Labute approximate surface area is 159 Å². The maximum absolute atomic E-state index is 12.9. The van der Waals surface area contributed by atoms with Crippen molar-refractivity contribution in [3.8, 4) is 0 Å². The third-order valence-corrected chi connectivity index (χ3v) is 7.42. The first kappa shape index (κ1) is 19.1. The molecular formula is C19H24N2O3S2. The average Bonchev–Trinajstić information content (AvgIpc) is 3.36. The Bertz CT molecular complexity index is 837. The van der Waals surface area contributed by atoms with Crippen molar-refractivity contribution in [3.05, 3.63) is 52.2 Å². The quantitative estimate of drug-likeness (QED) is 0.690. The van der Waals surface area contributed by atoms with Gasteiger partial charge in [-0.05, 0) is 59.5 Å². The minimum absolute atomic E-state index is 0.0366. The van der Waals surface area contributed by atoms with E-state index < -0.39 is 10.0 Å². The maximum Gasteiger partial charge on any atom is 0.254 e. The molecule has 1 saturated carbocycles. The zero-order chi connectivity index (χ0) is 18.7. The largest absolute Gasteiger partial charge is 0.331 e. The predicted molar refractivity (Wildman–Crippen MR) is 104 cm³/mol. The first-order valence-corrected chi connectivity index (χ1v) is 11.3. The second kappa shape index (κ2) is 7.90. The number of benzene rings is 1.